The van der Waals surface area contributed by atoms with Crippen LogP contribution in [0.25, 0.3) is 0 Å². The third-order valence-electron chi connectivity index (χ3n) is 2.58. The quantitative estimate of drug-likeness (QED) is 0.748. The zero-order valence-corrected chi connectivity index (χ0v) is 12.5. The van der Waals surface area contributed by atoms with Gasteiger partial charge in [0.15, 0.2) is 5.82 Å². The standard InChI is InChI=1S/C13H23N5O2/c1-10(2)9-18-8-7-15-11(12(18)19)14-5-6-16-13(20)17(3)4/h7-8,10H,5-6,9H2,1-4H3,(H,14,15)(H,16,20). The van der Waals surface area contributed by atoms with Crippen LogP contribution in [0.1, 0.15) is 13.8 Å². The van der Waals surface area contributed by atoms with Crippen LogP contribution in [0.3, 0.4) is 0 Å². The average Bonchev–Trinajstić information content (AvgIpc) is 2.37. The second-order valence-electron chi connectivity index (χ2n) is 5.18. The Bertz CT molecular complexity index is 496. The van der Waals surface area contributed by atoms with Gasteiger partial charge in [-0.1, -0.05) is 13.8 Å². The summed E-state index contributed by atoms with van der Waals surface area (Å²) in [6.07, 6.45) is 3.28. The van der Waals surface area contributed by atoms with Gasteiger partial charge in [-0.05, 0) is 5.92 Å². The maximum atomic E-state index is 12.1. The van der Waals surface area contributed by atoms with Gasteiger partial charge < -0.3 is 20.1 Å². The van der Waals surface area contributed by atoms with Crippen molar-refractivity contribution in [3.63, 3.8) is 0 Å². The molecule has 0 aliphatic carbocycles. The van der Waals surface area contributed by atoms with E-state index in [1.807, 2.05) is 0 Å². The zero-order chi connectivity index (χ0) is 15.1. The molecule has 20 heavy (non-hydrogen) atoms. The summed E-state index contributed by atoms with van der Waals surface area (Å²) in [5, 5.41) is 5.65. The number of nitrogens with one attached hydrogen (secondary N) is 2. The van der Waals surface area contributed by atoms with Gasteiger partial charge in [-0.25, -0.2) is 9.78 Å². The minimum Gasteiger partial charge on any atom is -0.364 e. The molecule has 0 fully saturated rings. The number of hydrogen-bond acceptors (Lipinski definition) is 4. The van der Waals surface area contributed by atoms with E-state index >= 15 is 0 Å². The Balaban J connectivity index is 2.52. The summed E-state index contributed by atoms with van der Waals surface area (Å²) in [4.78, 5) is 28.9. The molecule has 1 rings (SSSR count). The summed E-state index contributed by atoms with van der Waals surface area (Å²) < 4.78 is 1.64. The molecule has 1 aromatic heterocycles. The molecular weight excluding hydrogens is 258 g/mol. The molecule has 0 atom stereocenters. The molecule has 0 saturated carbocycles. The molecule has 0 radical (unpaired) electrons. The number of carbonyl (C=O) groups is 1. The van der Waals surface area contributed by atoms with E-state index in [1.54, 1.807) is 31.1 Å². The SMILES string of the molecule is CC(C)Cn1ccnc(NCCNC(=O)N(C)C)c1=O. The molecule has 112 valence electrons. The normalized spacial score (nSPS) is 10.4. The summed E-state index contributed by atoms with van der Waals surface area (Å²) in [6, 6.07) is -0.162. The molecule has 0 aromatic carbocycles. The highest BCUT2D eigenvalue weighted by Gasteiger charge is 2.06. The van der Waals surface area contributed by atoms with Crippen LogP contribution in [0, 0.1) is 5.92 Å². The highest BCUT2D eigenvalue weighted by Crippen LogP contribution is 1.98. The molecule has 0 aliphatic rings. The first kappa shape index (κ1) is 16.0. The van der Waals surface area contributed by atoms with Gasteiger partial charge in [-0.2, -0.15) is 0 Å². The van der Waals surface area contributed by atoms with Crippen LogP contribution in [-0.4, -0.2) is 47.7 Å². The number of rotatable bonds is 6. The molecule has 0 saturated heterocycles. The summed E-state index contributed by atoms with van der Waals surface area (Å²) in [6.45, 7) is 5.64. The van der Waals surface area contributed by atoms with E-state index in [4.69, 9.17) is 0 Å². The minimum absolute atomic E-state index is 0.139. The summed E-state index contributed by atoms with van der Waals surface area (Å²) in [7, 11) is 3.35. The lowest BCUT2D eigenvalue weighted by molar-refractivity contribution is 0.218. The molecule has 0 unspecified atom stereocenters. The maximum Gasteiger partial charge on any atom is 0.316 e. The van der Waals surface area contributed by atoms with Crippen molar-refractivity contribution in [3.8, 4) is 0 Å². The molecule has 2 amide bonds. The van der Waals surface area contributed by atoms with Crippen LogP contribution < -0.4 is 16.2 Å². The highest BCUT2D eigenvalue weighted by atomic mass is 16.2. The fraction of sp³-hybridized carbons (Fsp3) is 0.615. The van der Waals surface area contributed by atoms with Crippen molar-refractivity contribution in [1.82, 2.24) is 19.8 Å². The number of aromatic nitrogens is 2. The number of urea groups is 1. The lowest BCUT2D eigenvalue weighted by Gasteiger charge is -2.13. The van der Waals surface area contributed by atoms with E-state index in [9.17, 15) is 9.59 Å². The Morgan fingerprint density at radius 3 is 2.70 bits per heavy atom. The second kappa shape index (κ2) is 7.52. The fourth-order valence-electron chi connectivity index (χ4n) is 1.61. The molecule has 0 bridgehead atoms. The second-order valence-corrected chi connectivity index (χ2v) is 5.18. The third kappa shape index (κ3) is 4.91. The molecule has 1 heterocycles. The van der Waals surface area contributed by atoms with Crippen LogP contribution >= 0.6 is 0 Å². The van der Waals surface area contributed by atoms with E-state index in [0.717, 1.165) is 0 Å². The summed E-state index contributed by atoms with van der Waals surface area (Å²) in [5.74, 6) is 0.703. The smallest absolute Gasteiger partial charge is 0.316 e. The van der Waals surface area contributed by atoms with Gasteiger partial charge in [0, 0.05) is 46.1 Å². The Hall–Kier alpha value is -2.05. The molecular formula is C13H23N5O2. The average molecular weight is 281 g/mol. The minimum atomic E-state index is -0.162. The maximum absolute atomic E-state index is 12.1. The molecule has 0 spiro atoms. The number of nitrogens with zero attached hydrogens (tertiary/aromatic N) is 3. The fourth-order valence-corrected chi connectivity index (χ4v) is 1.61. The Labute approximate surface area is 119 Å². The van der Waals surface area contributed by atoms with Crippen molar-refractivity contribution < 1.29 is 4.79 Å². The van der Waals surface area contributed by atoms with Gasteiger partial charge in [0.2, 0.25) is 0 Å². The zero-order valence-electron chi connectivity index (χ0n) is 12.5. The molecule has 0 aliphatic heterocycles. The van der Waals surface area contributed by atoms with Crippen LogP contribution in [0.15, 0.2) is 17.2 Å². The Morgan fingerprint density at radius 1 is 1.40 bits per heavy atom. The van der Waals surface area contributed by atoms with Crippen molar-refractivity contribution in [2.24, 2.45) is 5.92 Å². The van der Waals surface area contributed by atoms with Gasteiger partial charge in [0.25, 0.3) is 5.56 Å². The van der Waals surface area contributed by atoms with Gasteiger partial charge >= 0.3 is 6.03 Å². The highest BCUT2D eigenvalue weighted by molar-refractivity contribution is 5.73. The number of amides is 2. The van der Waals surface area contributed by atoms with Crippen molar-refractivity contribution in [1.29, 1.82) is 0 Å². The topological polar surface area (TPSA) is 79.3 Å². The third-order valence-corrected chi connectivity index (χ3v) is 2.58. The predicted molar refractivity (Wildman–Crippen MR) is 78.9 cm³/mol. The Morgan fingerprint density at radius 2 is 2.10 bits per heavy atom. The van der Waals surface area contributed by atoms with Gasteiger partial charge in [-0.15, -0.1) is 0 Å². The first-order valence-corrected chi connectivity index (χ1v) is 6.66. The van der Waals surface area contributed by atoms with E-state index < -0.39 is 0 Å². The summed E-state index contributed by atoms with van der Waals surface area (Å²) in [5.41, 5.74) is -0.139. The van der Waals surface area contributed by atoms with Crippen molar-refractivity contribution in [2.45, 2.75) is 20.4 Å². The predicted octanol–water partition coefficient (Wildman–Crippen LogP) is 0.582. The Kier molecular flexibility index (Phi) is 6.02. The van der Waals surface area contributed by atoms with Crippen molar-refractivity contribution in [3.05, 3.63) is 22.7 Å². The molecule has 7 nitrogen and oxygen atoms in total. The van der Waals surface area contributed by atoms with Crippen LogP contribution in [0.5, 0.6) is 0 Å². The molecule has 2 N–H and O–H groups in total. The summed E-state index contributed by atoms with van der Waals surface area (Å²) >= 11 is 0. The monoisotopic (exact) mass is 281 g/mol. The van der Waals surface area contributed by atoms with E-state index in [1.165, 1.54) is 4.90 Å². The lowest BCUT2D eigenvalue weighted by atomic mass is 10.2. The largest absolute Gasteiger partial charge is 0.364 e. The molecule has 7 heteroatoms. The van der Waals surface area contributed by atoms with Crippen LogP contribution in [-0.2, 0) is 6.54 Å². The first-order chi connectivity index (χ1) is 9.41. The van der Waals surface area contributed by atoms with Crippen molar-refractivity contribution in [2.75, 3.05) is 32.5 Å². The van der Waals surface area contributed by atoms with E-state index in [0.29, 0.717) is 31.4 Å². The number of hydrogen-bond donors (Lipinski definition) is 2. The van der Waals surface area contributed by atoms with Gasteiger partial charge in [-0.3, -0.25) is 4.79 Å². The van der Waals surface area contributed by atoms with Crippen LogP contribution in [0.2, 0.25) is 0 Å². The van der Waals surface area contributed by atoms with E-state index in [-0.39, 0.29) is 11.6 Å². The lowest BCUT2D eigenvalue weighted by Crippen LogP contribution is -2.37. The first-order valence-electron chi connectivity index (χ1n) is 6.66. The number of anilines is 1. The van der Waals surface area contributed by atoms with Crippen LogP contribution in [0.4, 0.5) is 10.6 Å². The van der Waals surface area contributed by atoms with E-state index in [2.05, 4.69) is 29.5 Å². The van der Waals surface area contributed by atoms with Crippen molar-refractivity contribution >= 4 is 11.8 Å². The molecule has 1 aromatic rings. The van der Waals surface area contributed by atoms with Gasteiger partial charge in [0.1, 0.15) is 0 Å². The number of carbonyl (C=O) groups excluding carboxylic acids is 1. The van der Waals surface area contributed by atoms with Gasteiger partial charge in [0.05, 0.1) is 0 Å².